The molecule has 0 nitrogen and oxygen atoms in total. The highest BCUT2D eigenvalue weighted by atomic mass is 35.5. The monoisotopic (exact) mass is 204 g/mol. The molecule has 0 aromatic heterocycles. The van der Waals surface area contributed by atoms with Crippen LogP contribution < -0.4 is 0 Å². The van der Waals surface area contributed by atoms with Gasteiger partial charge in [0.25, 0.3) is 0 Å². The molecule has 0 aromatic rings. The van der Waals surface area contributed by atoms with Gasteiger partial charge in [-0.05, 0) is 48.3 Å². The normalized spacial score (nSPS) is 60.5. The van der Waals surface area contributed by atoms with E-state index in [1.807, 2.05) is 0 Å². The molecule has 0 aliphatic heterocycles. The number of halogens is 2. The Hall–Kier alpha value is 0.580. The van der Waals surface area contributed by atoms with E-state index in [2.05, 4.69) is 0 Å². The summed E-state index contributed by atoms with van der Waals surface area (Å²) >= 11 is 12.0. The predicted molar refractivity (Wildman–Crippen MR) is 51.6 cm³/mol. The third-order valence-electron chi connectivity index (χ3n) is 4.54. The van der Waals surface area contributed by atoms with Crippen molar-refractivity contribution in [3.05, 3.63) is 0 Å². The van der Waals surface area contributed by atoms with Crippen LogP contribution in [0.1, 0.15) is 12.8 Å². The largest absolute Gasteiger partial charge is 0.126 e. The van der Waals surface area contributed by atoms with Crippen molar-refractivity contribution in [3.63, 3.8) is 0 Å². The van der Waals surface area contributed by atoms with Gasteiger partial charge in [-0.25, -0.2) is 0 Å². The van der Waals surface area contributed by atoms with Crippen LogP contribution in [0.5, 0.6) is 0 Å². The molecule has 3 aliphatic rings. The van der Waals surface area contributed by atoms with Crippen LogP contribution in [-0.4, -0.2) is 11.8 Å². The minimum atomic E-state index is 0.762. The molecule has 68 valence electrons. The summed E-state index contributed by atoms with van der Waals surface area (Å²) in [6, 6.07) is 0. The third kappa shape index (κ3) is 0.812. The Bertz CT molecular complexity index is 184. The lowest BCUT2D eigenvalue weighted by atomic mass is 9.81. The molecule has 12 heavy (non-hydrogen) atoms. The average molecular weight is 205 g/mol. The van der Waals surface area contributed by atoms with Crippen molar-refractivity contribution in [1.29, 1.82) is 0 Å². The Morgan fingerprint density at radius 2 is 1.17 bits per heavy atom. The third-order valence-corrected chi connectivity index (χ3v) is 5.25. The molecule has 0 spiro atoms. The van der Waals surface area contributed by atoms with E-state index in [1.54, 1.807) is 0 Å². The molecule has 0 N–H and O–H groups in total. The molecule has 0 aromatic carbocycles. The van der Waals surface area contributed by atoms with Crippen LogP contribution in [0, 0.1) is 35.5 Å². The predicted octanol–water partition coefficient (Wildman–Crippen LogP) is 2.98. The maximum Gasteiger partial charge on any atom is 0.0257 e. The second-order valence-electron chi connectivity index (χ2n) is 4.76. The van der Waals surface area contributed by atoms with Gasteiger partial charge in [-0.3, -0.25) is 0 Å². The molecular formula is C10H14Cl2. The molecule has 2 bridgehead atoms. The Labute approximate surface area is 83.6 Å². The van der Waals surface area contributed by atoms with Crippen molar-refractivity contribution >= 4 is 23.2 Å². The number of hydrogen-bond acceptors (Lipinski definition) is 0. The summed E-state index contributed by atoms with van der Waals surface area (Å²) in [5, 5.41) is 0. The van der Waals surface area contributed by atoms with Crippen molar-refractivity contribution in [1.82, 2.24) is 0 Å². The standard InChI is InChI=1S/C10H14Cl2/c11-3-9-7-2-8(10(9)4-12)6-1-5(6)7/h5-10H,1-4H2. The van der Waals surface area contributed by atoms with E-state index in [0.29, 0.717) is 0 Å². The van der Waals surface area contributed by atoms with Gasteiger partial charge < -0.3 is 0 Å². The lowest BCUT2D eigenvalue weighted by molar-refractivity contribution is 0.254. The first kappa shape index (κ1) is 7.94. The average Bonchev–Trinajstić information content (AvgIpc) is 2.73. The smallest absolute Gasteiger partial charge is 0.0257 e. The SMILES string of the molecule is ClCC1C(CCl)C2CC1C1CC21. The molecule has 6 atom stereocenters. The zero-order valence-corrected chi connectivity index (χ0v) is 8.56. The van der Waals surface area contributed by atoms with Gasteiger partial charge in [0.05, 0.1) is 0 Å². The zero-order chi connectivity index (χ0) is 8.29. The van der Waals surface area contributed by atoms with Gasteiger partial charge in [-0.15, -0.1) is 23.2 Å². The van der Waals surface area contributed by atoms with Crippen LogP contribution in [0.2, 0.25) is 0 Å². The summed E-state index contributed by atoms with van der Waals surface area (Å²) < 4.78 is 0. The first-order valence-corrected chi connectivity index (χ1v) is 6.05. The van der Waals surface area contributed by atoms with Crippen LogP contribution in [0.15, 0.2) is 0 Å². The van der Waals surface area contributed by atoms with Crippen LogP contribution in [0.4, 0.5) is 0 Å². The van der Waals surface area contributed by atoms with Crippen molar-refractivity contribution < 1.29 is 0 Å². The zero-order valence-electron chi connectivity index (χ0n) is 7.05. The van der Waals surface area contributed by atoms with Crippen molar-refractivity contribution in [2.75, 3.05) is 11.8 Å². The van der Waals surface area contributed by atoms with Gasteiger partial charge in [0, 0.05) is 11.8 Å². The summed E-state index contributed by atoms with van der Waals surface area (Å²) in [4.78, 5) is 0. The molecule has 0 saturated heterocycles. The highest BCUT2D eigenvalue weighted by Crippen LogP contribution is 2.69. The highest BCUT2D eigenvalue weighted by Gasteiger charge is 2.64. The Morgan fingerprint density at radius 3 is 1.58 bits per heavy atom. The van der Waals surface area contributed by atoms with E-state index in [4.69, 9.17) is 23.2 Å². The molecule has 0 radical (unpaired) electrons. The Kier molecular flexibility index (Phi) is 1.68. The first-order valence-electron chi connectivity index (χ1n) is 4.98. The fourth-order valence-electron chi connectivity index (χ4n) is 3.96. The van der Waals surface area contributed by atoms with Gasteiger partial charge in [0.2, 0.25) is 0 Å². The minimum Gasteiger partial charge on any atom is -0.126 e. The molecular weight excluding hydrogens is 191 g/mol. The number of hydrogen-bond donors (Lipinski definition) is 0. The summed E-state index contributed by atoms with van der Waals surface area (Å²) in [7, 11) is 0. The maximum absolute atomic E-state index is 6.00. The number of fused-ring (bicyclic) bond motifs is 5. The number of rotatable bonds is 2. The van der Waals surface area contributed by atoms with E-state index >= 15 is 0 Å². The maximum atomic E-state index is 6.00. The lowest BCUT2D eigenvalue weighted by Gasteiger charge is -2.27. The number of alkyl halides is 2. The van der Waals surface area contributed by atoms with Gasteiger partial charge in [0.15, 0.2) is 0 Å². The van der Waals surface area contributed by atoms with E-state index < -0.39 is 0 Å². The Morgan fingerprint density at radius 1 is 0.750 bits per heavy atom. The van der Waals surface area contributed by atoms with Crippen LogP contribution in [0.25, 0.3) is 0 Å². The molecule has 3 saturated carbocycles. The Balaban J connectivity index is 1.86. The summed E-state index contributed by atoms with van der Waals surface area (Å²) in [6.07, 6.45) is 2.94. The quantitative estimate of drug-likeness (QED) is 0.608. The van der Waals surface area contributed by atoms with Crippen molar-refractivity contribution in [3.8, 4) is 0 Å². The summed E-state index contributed by atoms with van der Waals surface area (Å²) in [6.45, 7) is 0. The van der Waals surface area contributed by atoms with Gasteiger partial charge >= 0.3 is 0 Å². The first-order chi connectivity index (χ1) is 5.86. The van der Waals surface area contributed by atoms with E-state index in [9.17, 15) is 0 Å². The van der Waals surface area contributed by atoms with E-state index in [1.165, 1.54) is 12.8 Å². The molecule has 6 unspecified atom stereocenters. The fraction of sp³-hybridized carbons (Fsp3) is 1.00. The molecule has 0 amide bonds. The molecule has 3 aliphatic carbocycles. The van der Waals surface area contributed by atoms with Crippen LogP contribution in [0.3, 0.4) is 0 Å². The fourth-order valence-corrected chi connectivity index (χ4v) is 4.88. The van der Waals surface area contributed by atoms with Crippen molar-refractivity contribution in [2.45, 2.75) is 12.8 Å². The molecule has 2 heteroatoms. The minimum absolute atomic E-state index is 0.762. The second kappa shape index (κ2) is 2.54. The topological polar surface area (TPSA) is 0 Å². The molecule has 0 heterocycles. The van der Waals surface area contributed by atoms with E-state index in [0.717, 1.165) is 47.3 Å². The second-order valence-corrected chi connectivity index (χ2v) is 5.38. The van der Waals surface area contributed by atoms with Crippen LogP contribution in [-0.2, 0) is 0 Å². The van der Waals surface area contributed by atoms with Crippen molar-refractivity contribution in [2.24, 2.45) is 35.5 Å². The summed E-state index contributed by atoms with van der Waals surface area (Å²) in [5.41, 5.74) is 0. The van der Waals surface area contributed by atoms with E-state index in [-0.39, 0.29) is 0 Å². The van der Waals surface area contributed by atoms with Crippen LogP contribution >= 0.6 is 23.2 Å². The molecule has 3 fully saturated rings. The van der Waals surface area contributed by atoms with Gasteiger partial charge in [-0.2, -0.15) is 0 Å². The van der Waals surface area contributed by atoms with Gasteiger partial charge in [0.1, 0.15) is 0 Å². The summed E-state index contributed by atoms with van der Waals surface area (Å²) in [5.74, 6) is 7.28. The lowest BCUT2D eigenvalue weighted by Crippen LogP contribution is -2.26. The highest BCUT2D eigenvalue weighted by molar-refractivity contribution is 6.19. The molecule has 3 rings (SSSR count). The van der Waals surface area contributed by atoms with Gasteiger partial charge in [-0.1, -0.05) is 0 Å².